The Morgan fingerprint density at radius 1 is 1.09 bits per heavy atom. The Balaban J connectivity index is 1.59. The van der Waals surface area contributed by atoms with Gasteiger partial charge in [0.1, 0.15) is 6.07 Å². The van der Waals surface area contributed by atoms with Crippen LogP contribution in [0.5, 0.6) is 0 Å². The van der Waals surface area contributed by atoms with Gasteiger partial charge in [-0.25, -0.2) is 23.2 Å². The number of benzene rings is 1. The number of nitrogens with zero attached hydrogens (tertiary/aromatic N) is 3. The number of nitriles is 1. The number of rotatable bonds is 5. The van der Waals surface area contributed by atoms with Crippen molar-refractivity contribution < 1.29 is 13.2 Å². The summed E-state index contributed by atoms with van der Waals surface area (Å²) in [6.07, 6.45) is 11.9. The second-order valence-corrected chi connectivity index (χ2v) is 11.1. The van der Waals surface area contributed by atoms with Crippen molar-refractivity contribution in [3.05, 3.63) is 77.9 Å². The largest absolute Gasteiger partial charge is 0.327 e. The molecule has 8 nitrogen and oxygen atoms in total. The molecule has 34 heavy (non-hydrogen) atoms. The highest BCUT2D eigenvalue weighted by Gasteiger charge is 2.43. The first-order valence-corrected chi connectivity index (χ1v) is 13.1. The number of hydrogen-bond donors (Lipinski definition) is 2. The molecule has 0 spiro atoms. The SMILES string of the molecule is CS(=O)(=O)C1(NC(=O)NC2(c3ccnc(C#N)n3)CCCCC2)C=CC(c2ccccc2)=CC1. The molecule has 1 aromatic heterocycles. The van der Waals surface area contributed by atoms with E-state index in [2.05, 4.69) is 20.6 Å². The van der Waals surface area contributed by atoms with E-state index in [-0.39, 0.29) is 12.2 Å². The number of urea groups is 1. The van der Waals surface area contributed by atoms with Crippen molar-refractivity contribution in [3.8, 4) is 6.07 Å². The van der Waals surface area contributed by atoms with Crippen molar-refractivity contribution >= 4 is 21.4 Å². The van der Waals surface area contributed by atoms with Crippen molar-refractivity contribution in [2.75, 3.05) is 6.26 Å². The van der Waals surface area contributed by atoms with Crippen LogP contribution in [-0.4, -0.2) is 35.5 Å². The third kappa shape index (κ3) is 4.73. The zero-order valence-electron chi connectivity index (χ0n) is 19.0. The number of nitrogens with one attached hydrogen (secondary N) is 2. The van der Waals surface area contributed by atoms with E-state index >= 15 is 0 Å². The summed E-state index contributed by atoms with van der Waals surface area (Å²) in [6.45, 7) is 0. The molecule has 0 radical (unpaired) electrons. The first-order valence-electron chi connectivity index (χ1n) is 11.3. The smallest absolute Gasteiger partial charge is 0.317 e. The monoisotopic (exact) mass is 477 g/mol. The lowest BCUT2D eigenvalue weighted by Gasteiger charge is -2.39. The third-order valence-corrected chi connectivity index (χ3v) is 8.29. The van der Waals surface area contributed by atoms with Crippen molar-refractivity contribution in [1.82, 2.24) is 20.6 Å². The van der Waals surface area contributed by atoms with Crippen LogP contribution in [-0.2, 0) is 15.4 Å². The predicted octanol–water partition coefficient (Wildman–Crippen LogP) is 3.59. The number of sulfone groups is 1. The summed E-state index contributed by atoms with van der Waals surface area (Å²) < 4.78 is 25.7. The van der Waals surface area contributed by atoms with E-state index in [1.54, 1.807) is 18.2 Å². The fourth-order valence-electron chi connectivity index (χ4n) is 4.65. The van der Waals surface area contributed by atoms with Crippen molar-refractivity contribution in [2.24, 2.45) is 0 Å². The molecule has 1 fully saturated rings. The number of hydrogen-bond acceptors (Lipinski definition) is 6. The van der Waals surface area contributed by atoms with Gasteiger partial charge in [0, 0.05) is 18.9 Å². The van der Waals surface area contributed by atoms with Crippen molar-refractivity contribution in [1.29, 1.82) is 5.26 Å². The molecular weight excluding hydrogens is 450 g/mol. The lowest BCUT2D eigenvalue weighted by Crippen LogP contribution is -2.59. The van der Waals surface area contributed by atoms with Gasteiger partial charge in [-0.05, 0) is 36.1 Å². The summed E-state index contributed by atoms with van der Waals surface area (Å²) in [5.74, 6) is 0.0334. The highest BCUT2D eigenvalue weighted by atomic mass is 32.2. The molecule has 0 aliphatic heterocycles. The van der Waals surface area contributed by atoms with E-state index in [4.69, 9.17) is 0 Å². The first-order chi connectivity index (χ1) is 16.3. The van der Waals surface area contributed by atoms with Crippen LogP contribution in [0, 0.1) is 11.3 Å². The van der Waals surface area contributed by atoms with Crippen LogP contribution in [0.2, 0.25) is 0 Å². The lowest BCUT2D eigenvalue weighted by atomic mass is 9.79. The average Bonchev–Trinajstić information content (AvgIpc) is 2.85. The van der Waals surface area contributed by atoms with Gasteiger partial charge in [-0.2, -0.15) is 5.26 Å². The maximum atomic E-state index is 13.3. The second-order valence-electron chi connectivity index (χ2n) is 8.82. The minimum atomic E-state index is -3.70. The number of carbonyl (C=O) groups is 1. The maximum absolute atomic E-state index is 13.3. The number of carbonyl (C=O) groups excluding carboxylic acids is 1. The fourth-order valence-corrected chi connectivity index (χ4v) is 5.63. The molecule has 4 rings (SSSR count). The highest BCUT2D eigenvalue weighted by Crippen LogP contribution is 2.37. The molecule has 2 aliphatic carbocycles. The minimum absolute atomic E-state index is 0.0334. The Labute approximate surface area is 199 Å². The predicted molar refractivity (Wildman–Crippen MR) is 129 cm³/mol. The van der Waals surface area contributed by atoms with Gasteiger partial charge in [-0.3, -0.25) is 0 Å². The van der Waals surface area contributed by atoms with Gasteiger partial charge in [0.25, 0.3) is 0 Å². The topological polar surface area (TPSA) is 125 Å². The molecule has 1 heterocycles. The van der Waals surface area contributed by atoms with E-state index in [9.17, 15) is 18.5 Å². The van der Waals surface area contributed by atoms with Gasteiger partial charge in [-0.15, -0.1) is 0 Å². The zero-order valence-corrected chi connectivity index (χ0v) is 19.8. The second kappa shape index (κ2) is 9.39. The van der Waals surface area contributed by atoms with Crippen LogP contribution in [0.15, 0.2) is 60.8 Å². The quantitative estimate of drug-likeness (QED) is 0.678. The fraction of sp³-hybridized carbons (Fsp3) is 0.360. The van der Waals surface area contributed by atoms with Crippen molar-refractivity contribution in [3.63, 3.8) is 0 Å². The van der Waals surface area contributed by atoms with Crippen molar-refractivity contribution in [2.45, 2.75) is 48.9 Å². The normalized spacial score (nSPS) is 21.7. The Kier molecular flexibility index (Phi) is 6.53. The summed E-state index contributed by atoms with van der Waals surface area (Å²) in [5, 5.41) is 15.0. The van der Waals surface area contributed by atoms with Gasteiger partial charge in [0.2, 0.25) is 5.82 Å². The van der Waals surface area contributed by atoms with Gasteiger partial charge in [0.05, 0.1) is 11.2 Å². The van der Waals surface area contributed by atoms with E-state index in [0.29, 0.717) is 18.5 Å². The van der Waals surface area contributed by atoms with E-state index < -0.39 is 26.3 Å². The molecule has 9 heteroatoms. The molecule has 2 aromatic rings. The summed E-state index contributed by atoms with van der Waals surface area (Å²) >= 11 is 0. The van der Waals surface area contributed by atoms with Gasteiger partial charge in [0.15, 0.2) is 14.7 Å². The molecular formula is C25H27N5O3S. The Bertz CT molecular complexity index is 1280. The molecule has 2 amide bonds. The molecule has 2 aliphatic rings. The summed E-state index contributed by atoms with van der Waals surface area (Å²) in [6, 6.07) is 12.7. The minimum Gasteiger partial charge on any atom is -0.327 e. The van der Waals surface area contributed by atoms with E-state index in [1.807, 2.05) is 42.5 Å². The van der Waals surface area contributed by atoms with Crippen LogP contribution < -0.4 is 10.6 Å². The van der Waals surface area contributed by atoms with Gasteiger partial charge < -0.3 is 10.6 Å². The first kappa shape index (κ1) is 23.6. The highest BCUT2D eigenvalue weighted by molar-refractivity contribution is 7.92. The van der Waals surface area contributed by atoms with Crippen LogP contribution in [0.3, 0.4) is 0 Å². The molecule has 1 aromatic carbocycles. The van der Waals surface area contributed by atoms with Crippen LogP contribution in [0.4, 0.5) is 4.79 Å². The average molecular weight is 478 g/mol. The van der Waals surface area contributed by atoms with Crippen LogP contribution in [0.25, 0.3) is 5.57 Å². The molecule has 1 saturated carbocycles. The standard InChI is InChI=1S/C25H27N5O3S/c1-34(32,33)25(15-10-20(11-16-25)19-8-4-2-5-9-19)30-23(31)29-24(13-6-3-7-14-24)21-12-17-27-22(18-26)28-21/h2,4-5,8-12,15,17H,3,6-7,13-14,16H2,1H3,(H2,29,30,31). The van der Waals surface area contributed by atoms with E-state index in [1.165, 1.54) is 6.20 Å². The number of amides is 2. The van der Waals surface area contributed by atoms with Crippen LogP contribution in [0.1, 0.15) is 55.6 Å². The Morgan fingerprint density at radius 3 is 2.44 bits per heavy atom. The summed E-state index contributed by atoms with van der Waals surface area (Å²) in [4.78, 5) is 20.0. The van der Waals surface area contributed by atoms with Gasteiger partial charge in [-0.1, -0.05) is 61.7 Å². The number of allylic oxidation sites excluding steroid dienone is 2. The zero-order chi connectivity index (χ0) is 24.2. The molecule has 1 atom stereocenters. The van der Waals surface area contributed by atoms with E-state index in [0.717, 1.165) is 36.7 Å². The maximum Gasteiger partial charge on any atom is 0.317 e. The number of aromatic nitrogens is 2. The Morgan fingerprint density at radius 2 is 1.82 bits per heavy atom. The molecule has 0 bridgehead atoms. The summed E-state index contributed by atoms with van der Waals surface area (Å²) in [5.41, 5.74) is 1.64. The summed E-state index contributed by atoms with van der Waals surface area (Å²) in [7, 11) is -3.70. The molecule has 1 unspecified atom stereocenters. The van der Waals surface area contributed by atoms with Crippen LogP contribution >= 0.6 is 0 Å². The molecule has 176 valence electrons. The molecule has 0 saturated heterocycles. The lowest BCUT2D eigenvalue weighted by molar-refractivity contribution is 0.196. The molecule has 2 N–H and O–H groups in total. The van der Waals surface area contributed by atoms with Gasteiger partial charge >= 0.3 is 6.03 Å². The Hall–Kier alpha value is -3.51. The third-order valence-electron chi connectivity index (χ3n) is 6.56.